The molecule has 0 fully saturated rings. The number of rotatable bonds is 13. The molecule has 23 heavy (non-hydrogen) atoms. The van der Waals surface area contributed by atoms with Crippen molar-refractivity contribution in [3.8, 4) is 0 Å². The van der Waals surface area contributed by atoms with Crippen LogP contribution >= 0.6 is 0 Å². The van der Waals surface area contributed by atoms with E-state index in [4.69, 9.17) is 5.11 Å². The van der Waals surface area contributed by atoms with Crippen LogP contribution in [0, 0.1) is 0 Å². The molecule has 0 heterocycles. The Hall–Kier alpha value is -0.610. The Morgan fingerprint density at radius 1 is 0.826 bits per heavy atom. The lowest BCUT2D eigenvalue weighted by Crippen LogP contribution is -2.39. The molecule has 1 N–H and O–H groups in total. The molecule has 0 amide bonds. The molecule has 0 saturated carbocycles. The molecular formula is C19H43N2O2+. The summed E-state index contributed by atoms with van der Waals surface area (Å²) in [5.41, 5.74) is 0. The lowest BCUT2D eigenvalue weighted by molar-refractivity contribution is -0.862. The maximum absolute atomic E-state index is 10.00. The molecule has 0 saturated heterocycles. The summed E-state index contributed by atoms with van der Waals surface area (Å²) < 4.78 is 0.481. The normalized spacial score (nSPS) is 11.3. The largest absolute Gasteiger partial charge is 0.477 e. The van der Waals surface area contributed by atoms with Gasteiger partial charge in [0, 0.05) is 0 Å². The summed E-state index contributed by atoms with van der Waals surface area (Å²) in [4.78, 5) is 12.3. The summed E-state index contributed by atoms with van der Waals surface area (Å²) in [6.07, 6.45) is 14.4. The van der Waals surface area contributed by atoms with E-state index in [1.807, 2.05) is 21.1 Å². The van der Waals surface area contributed by atoms with Gasteiger partial charge in [-0.15, -0.1) is 0 Å². The summed E-state index contributed by atoms with van der Waals surface area (Å²) in [7, 11) is 9.85. The van der Waals surface area contributed by atoms with Gasteiger partial charge in [-0.1, -0.05) is 64.7 Å². The van der Waals surface area contributed by atoms with E-state index in [9.17, 15) is 4.79 Å². The molecule has 0 aromatic heterocycles. The summed E-state index contributed by atoms with van der Waals surface area (Å²) in [5.74, 6) is -0.752. The number of carboxylic acids is 1. The van der Waals surface area contributed by atoms with Crippen molar-refractivity contribution in [2.75, 3.05) is 48.3 Å². The van der Waals surface area contributed by atoms with Crippen molar-refractivity contribution in [1.82, 2.24) is 4.90 Å². The van der Waals surface area contributed by atoms with Gasteiger partial charge in [-0.2, -0.15) is 0 Å². The van der Waals surface area contributed by atoms with E-state index in [1.165, 1.54) is 70.8 Å². The maximum atomic E-state index is 10.00. The fourth-order valence-electron chi connectivity index (χ4n) is 2.32. The zero-order chi connectivity index (χ0) is 18.1. The minimum atomic E-state index is -0.752. The Bertz CT molecular complexity index is 261. The number of carboxylic acid groups (broad SMARTS) is 1. The van der Waals surface area contributed by atoms with E-state index in [2.05, 4.69) is 25.9 Å². The zero-order valence-corrected chi connectivity index (χ0v) is 16.7. The third kappa shape index (κ3) is 29.9. The van der Waals surface area contributed by atoms with Crippen LogP contribution in [-0.4, -0.2) is 68.8 Å². The first-order valence-electron chi connectivity index (χ1n) is 9.36. The standard InChI is InChI=1S/C14H31N.C5H11NO2/c1-4-5-6-7-8-9-10-11-12-13-14-15(2)3;1-6(2,3)4-5(7)8/h4-14H2,1-3H3;4H2,1-3H3/p+1. The van der Waals surface area contributed by atoms with Crippen LogP contribution in [0.3, 0.4) is 0 Å². The average molecular weight is 332 g/mol. The SMILES string of the molecule is CCCCCCCCCCCCN(C)C.C[N+](C)(C)CC(=O)O. The molecule has 140 valence electrons. The molecule has 0 atom stereocenters. The monoisotopic (exact) mass is 331 g/mol. The molecule has 0 rings (SSSR count). The van der Waals surface area contributed by atoms with Crippen molar-refractivity contribution >= 4 is 5.97 Å². The molecule has 0 aliphatic carbocycles. The third-order valence-corrected chi connectivity index (χ3v) is 3.57. The van der Waals surface area contributed by atoms with Gasteiger partial charge in [0.15, 0.2) is 6.54 Å². The van der Waals surface area contributed by atoms with Crippen LogP contribution < -0.4 is 0 Å². The van der Waals surface area contributed by atoms with Gasteiger partial charge in [-0.25, -0.2) is 4.79 Å². The van der Waals surface area contributed by atoms with E-state index >= 15 is 0 Å². The van der Waals surface area contributed by atoms with E-state index in [1.54, 1.807) is 0 Å². The summed E-state index contributed by atoms with van der Waals surface area (Å²) in [6, 6.07) is 0. The molecule has 0 radical (unpaired) electrons. The molecule has 0 aromatic carbocycles. The van der Waals surface area contributed by atoms with Gasteiger partial charge in [0.2, 0.25) is 0 Å². The molecular weight excluding hydrogens is 288 g/mol. The van der Waals surface area contributed by atoms with Crippen molar-refractivity contribution in [3.05, 3.63) is 0 Å². The van der Waals surface area contributed by atoms with E-state index < -0.39 is 5.97 Å². The number of nitrogens with zero attached hydrogens (tertiary/aromatic N) is 2. The van der Waals surface area contributed by atoms with Crippen LogP contribution in [0.5, 0.6) is 0 Å². The Morgan fingerprint density at radius 2 is 1.22 bits per heavy atom. The fourth-order valence-corrected chi connectivity index (χ4v) is 2.32. The Morgan fingerprint density at radius 3 is 1.48 bits per heavy atom. The predicted octanol–water partition coefficient (Wildman–Crippen LogP) is 4.25. The van der Waals surface area contributed by atoms with Crippen LogP contribution in [0.2, 0.25) is 0 Å². The Kier molecular flexibility index (Phi) is 17.4. The molecule has 4 heteroatoms. The van der Waals surface area contributed by atoms with Crippen LogP contribution in [0.15, 0.2) is 0 Å². The third-order valence-electron chi connectivity index (χ3n) is 3.57. The van der Waals surface area contributed by atoms with Crippen LogP contribution in [-0.2, 0) is 4.79 Å². The second-order valence-corrected chi connectivity index (χ2v) is 7.83. The van der Waals surface area contributed by atoms with Crippen molar-refractivity contribution in [2.24, 2.45) is 0 Å². The lowest BCUT2D eigenvalue weighted by Gasteiger charge is -2.20. The number of carbonyl (C=O) groups is 1. The molecule has 0 bridgehead atoms. The first-order valence-corrected chi connectivity index (χ1v) is 9.36. The molecule has 0 aliphatic rings. The molecule has 4 nitrogen and oxygen atoms in total. The highest BCUT2D eigenvalue weighted by Crippen LogP contribution is 2.10. The van der Waals surface area contributed by atoms with Crippen molar-refractivity contribution in [3.63, 3.8) is 0 Å². The lowest BCUT2D eigenvalue weighted by atomic mass is 10.1. The topological polar surface area (TPSA) is 40.5 Å². The van der Waals surface area contributed by atoms with Crippen molar-refractivity contribution in [1.29, 1.82) is 0 Å². The van der Waals surface area contributed by atoms with Crippen molar-refractivity contribution in [2.45, 2.75) is 71.1 Å². The number of hydrogen-bond donors (Lipinski definition) is 1. The van der Waals surface area contributed by atoms with E-state index in [-0.39, 0.29) is 6.54 Å². The highest BCUT2D eigenvalue weighted by molar-refractivity contribution is 5.67. The van der Waals surface area contributed by atoms with Gasteiger partial charge < -0.3 is 14.5 Å². The molecule has 0 aliphatic heterocycles. The van der Waals surface area contributed by atoms with Gasteiger partial charge in [0.25, 0.3) is 0 Å². The minimum Gasteiger partial charge on any atom is -0.477 e. The van der Waals surface area contributed by atoms with Gasteiger partial charge in [-0.05, 0) is 27.1 Å². The number of aliphatic carboxylic acids is 1. The van der Waals surface area contributed by atoms with Crippen LogP contribution in [0.4, 0.5) is 0 Å². The summed E-state index contributed by atoms with van der Waals surface area (Å²) in [6.45, 7) is 3.72. The summed E-state index contributed by atoms with van der Waals surface area (Å²) >= 11 is 0. The Balaban J connectivity index is 0. The van der Waals surface area contributed by atoms with E-state index in [0.717, 1.165) is 0 Å². The number of likely N-dealkylation sites (N-methyl/N-ethyl adjacent to an activating group) is 1. The number of hydrogen-bond acceptors (Lipinski definition) is 2. The fraction of sp³-hybridized carbons (Fsp3) is 0.947. The molecule has 0 aromatic rings. The first kappa shape index (κ1) is 24.6. The maximum Gasteiger partial charge on any atom is 0.359 e. The quantitative estimate of drug-likeness (QED) is 0.405. The Labute approximate surface area is 145 Å². The van der Waals surface area contributed by atoms with Crippen LogP contribution in [0.25, 0.3) is 0 Å². The highest BCUT2D eigenvalue weighted by Gasteiger charge is 2.11. The van der Waals surface area contributed by atoms with Crippen LogP contribution in [0.1, 0.15) is 71.1 Å². The van der Waals surface area contributed by atoms with Gasteiger partial charge in [0.1, 0.15) is 0 Å². The molecule has 0 spiro atoms. The van der Waals surface area contributed by atoms with E-state index in [0.29, 0.717) is 4.48 Å². The van der Waals surface area contributed by atoms with Gasteiger partial charge in [-0.3, -0.25) is 0 Å². The highest BCUT2D eigenvalue weighted by atomic mass is 16.4. The average Bonchev–Trinajstić information content (AvgIpc) is 2.38. The smallest absolute Gasteiger partial charge is 0.359 e. The van der Waals surface area contributed by atoms with Gasteiger partial charge >= 0.3 is 5.97 Å². The number of unbranched alkanes of at least 4 members (excludes halogenated alkanes) is 9. The zero-order valence-electron chi connectivity index (χ0n) is 16.7. The second-order valence-electron chi connectivity index (χ2n) is 7.83. The first-order chi connectivity index (χ1) is 10.7. The van der Waals surface area contributed by atoms with Gasteiger partial charge in [0.05, 0.1) is 21.1 Å². The summed E-state index contributed by atoms with van der Waals surface area (Å²) in [5, 5.41) is 8.23. The second kappa shape index (κ2) is 16.3. The molecule has 0 unspecified atom stereocenters. The predicted molar refractivity (Wildman–Crippen MR) is 101 cm³/mol. The minimum absolute atomic E-state index is 0.181. The number of quaternary nitrogens is 1. The van der Waals surface area contributed by atoms with Crippen molar-refractivity contribution < 1.29 is 14.4 Å².